The molecule has 2 aromatic carbocycles. The lowest BCUT2D eigenvalue weighted by Gasteiger charge is -2.12. The molecule has 5 nitrogen and oxygen atoms in total. The molecule has 3 N–H and O–H groups in total. The second kappa shape index (κ2) is 5.46. The number of hydrogen-bond acceptors (Lipinski definition) is 4. The van der Waals surface area contributed by atoms with Crippen LogP contribution in [0.5, 0.6) is 0 Å². The lowest BCUT2D eigenvalue weighted by Crippen LogP contribution is -2.15. The van der Waals surface area contributed by atoms with Crippen LogP contribution in [0.3, 0.4) is 0 Å². The molecule has 0 unspecified atom stereocenters. The van der Waals surface area contributed by atoms with Gasteiger partial charge in [-0.05, 0) is 43.7 Å². The van der Waals surface area contributed by atoms with Gasteiger partial charge in [0.2, 0.25) is 0 Å². The largest absolute Gasteiger partial charge is 0.399 e. The average Bonchev–Trinajstić information content (AvgIpc) is 2.40. The fourth-order valence-corrected chi connectivity index (χ4v) is 3.35. The lowest BCUT2D eigenvalue weighted by atomic mass is 10.2. The van der Waals surface area contributed by atoms with Crippen molar-refractivity contribution in [2.45, 2.75) is 18.7 Å². The highest BCUT2D eigenvalue weighted by Gasteiger charge is 2.18. The Bertz CT molecular complexity index is 836. The molecule has 2 rings (SSSR count). The van der Waals surface area contributed by atoms with Crippen LogP contribution in [0, 0.1) is 25.2 Å². The number of nitrogens with zero attached hydrogens (tertiary/aromatic N) is 1. The molecule has 0 saturated carbocycles. The molecular weight excluding hydrogens is 286 g/mol. The van der Waals surface area contributed by atoms with Gasteiger partial charge in [0.1, 0.15) is 6.07 Å². The Balaban J connectivity index is 2.45. The highest BCUT2D eigenvalue weighted by molar-refractivity contribution is 7.92. The van der Waals surface area contributed by atoms with Crippen LogP contribution in [0.25, 0.3) is 0 Å². The Morgan fingerprint density at radius 3 is 2.48 bits per heavy atom. The molecule has 0 aromatic heterocycles. The number of anilines is 2. The first kappa shape index (κ1) is 14.9. The first-order valence-electron chi connectivity index (χ1n) is 6.23. The Labute approximate surface area is 124 Å². The van der Waals surface area contributed by atoms with E-state index in [0.29, 0.717) is 11.3 Å². The number of aryl methyl sites for hydroxylation is 2. The molecule has 0 spiro atoms. The van der Waals surface area contributed by atoms with Crippen LogP contribution < -0.4 is 10.5 Å². The van der Waals surface area contributed by atoms with Gasteiger partial charge in [-0.2, -0.15) is 5.26 Å². The first-order valence-corrected chi connectivity index (χ1v) is 7.71. The predicted molar refractivity (Wildman–Crippen MR) is 82.3 cm³/mol. The van der Waals surface area contributed by atoms with E-state index in [1.54, 1.807) is 31.2 Å². The van der Waals surface area contributed by atoms with E-state index in [9.17, 15) is 8.42 Å². The minimum atomic E-state index is -3.75. The van der Waals surface area contributed by atoms with E-state index in [1.165, 1.54) is 12.1 Å². The molecule has 108 valence electrons. The van der Waals surface area contributed by atoms with Gasteiger partial charge in [0.05, 0.1) is 16.1 Å². The van der Waals surface area contributed by atoms with E-state index in [4.69, 9.17) is 11.0 Å². The Morgan fingerprint density at radius 2 is 1.86 bits per heavy atom. The SMILES string of the molecule is Cc1ccc(S(=O)(=O)Nc2ccc(N)cc2C#N)c(C)c1. The standard InChI is InChI=1S/C15H15N3O2S/c1-10-3-6-15(11(2)7-10)21(19,20)18-14-5-4-13(17)8-12(14)9-16/h3-8,18H,17H2,1-2H3. The summed E-state index contributed by atoms with van der Waals surface area (Å²) in [5, 5.41) is 9.06. The van der Waals surface area contributed by atoms with Crippen LogP contribution in [0.2, 0.25) is 0 Å². The number of benzene rings is 2. The van der Waals surface area contributed by atoms with Crippen LogP contribution in [0.15, 0.2) is 41.3 Å². The molecule has 21 heavy (non-hydrogen) atoms. The van der Waals surface area contributed by atoms with Crippen molar-refractivity contribution in [1.29, 1.82) is 5.26 Å². The molecule has 6 heteroatoms. The summed E-state index contributed by atoms with van der Waals surface area (Å²) >= 11 is 0. The number of nitrogens with one attached hydrogen (secondary N) is 1. The quantitative estimate of drug-likeness (QED) is 0.851. The summed E-state index contributed by atoms with van der Waals surface area (Å²) in [6, 6.07) is 11.5. The van der Waals surface area contributed by atoms with Gasteiger partial charge in [0.15, 0.2) is 0 Å². The summed E-state index contributed by atoms with van der Waals surface area (Å²) in [4.78, 5) is 0.189. The van der Waals surface area contributed by atoms with E-state index in [1.807, 2.05) is 13.0 Å². The van der Waals surface area contributed by atoms with E-state index >= 15 is 0 Å². The number of hydrogen-bond donors (Lipinski definition) is 2. The van der Waals surface area contributed by atoms with Crippen molar-refractivity contribution in [3.63, 3.8) is 0 Å². The van der Waals surface area contributed by atoms with E-state index in [0.717, 1.165) is 5.56 Å². The van der Waals surface area contributed by atoms with Crippen molar-refractivity contribution in [2.24, 2.45) is 0 Å². The molecule has 0 aliphatic carbocycles. The predicted octanol–water partition coefficient (Wildman–Crippen LogP) is 2.56. The molecule has 0 radical (unpaired) electrons. The van der Waals surface area contributed by atoms with Gasteiger partial charge in [-0.25, -0.2) is 8.42 Å². The molecule has 0 bridgehead atoms. The second-order valence-electron chi connectivity index (χ2n) is 4.79. The monoisotopic (exact) mass is 301 g/mol. The molecular formula is C15H15N3O2S. The van der Waals surface area contributed by atoms with Gasteiger partial charge >= 0.3 is 0 Å². The third-order valence-corrected chi connectivity index (χ3v) is 4.55. The second-order valence-corrected chi connectivity index (χ2v) is 6.44. The van der Waals surface area contributed by atoms with Gasteiger partial charge in [0, 0.05) is 5.69 Å². The highest BCUT2D eigenvalue weighted by atomic mass is 32.2. The summed E-state index contributed by atoms with van der Waals surface area (Å²) in [5.74, 6) is 0. The average molecular weight is 301 g/mol. The molecule has 2 aromatic rings. The zero-order chi connectivity index (χ0) is 15.6. The van der Waals surface area contributed by atoms with E-state index in [-0.39, 0.29) is 16.1 Å². The number of sulfonamides is 1. The third-order valence-electron chi connectivity index (χ3n) is 3.03. The molecule has 0 aliphatic heterocycles. The van der Waals surface area contributed by atoms with Crippen LogP contribution in [-0.2, 0) is 10.0 Å². The molecule has 0 atom stereocenters. The van der Waals surface area contributed by atoms with Crippen molar-refractivity contribution in [3.8, 4) is 6.07 Å². The number of rotatable bonds is 3. The normalized spacial score (nSPS) is 10.9. The van der Waals surface area contributed by atoms with E-state index in [2.05, 4.69) is 4.72 Å². The van der Waals surface area contributed by atoms with Gasteiger partial charge in [-0.3, -0.25) is 4.72 Å². The summed E-state index contributed by atoms with van der Waals surface area (Å²) in [5.41, 5.74) is 8.02. The van der Waals surface area contributed by atoms with Crippen molar-refractivity contribution >= 4 is 21.4 Å². The minimum Gasteiger partial charge on any atom is -0.399 e. The van der Waals surface area contributed by atoms with Crippen LogP contribution in [-0.4, -0.2) is 8.42 Å². The minimum absolute atomic E-state index is 0.184. The fourth-order valence-electron chi connectivity index (χ4n) is 2.04. The molecule has 0 amide bonds. The lowest BCUT2D eigenvalue weighted by molar-refractivity contribution is 0.600. The van der Waals surface area contributed by atoms with Gasteiger partial charge in [0.25, 0.3) is 10.0 Å². The van der Waals surface area contributed by atoms with E-state index < -0.39 is 10.0 Å². The smallest absolute Gasteiger partial charge is 0.262 e. The van der Waals surface area contributed by atoms with Gasteiger partial charge in [-0.15, -0.1) is 0 Å². The summed E-state index contributed by atoms with van der Waals surface area (Å²) in [6.45, 7) is 3.63. The Hall–Kier alpha value is -2.52. The van der Waals surface area contributed by atoms with Crippen molar-refractivity contribution in [1.82, 2.24) is 0 Å². The number of nitrogen functional groups attached to an aromatic ring is 1. The van der Waals surface area contributed by atoms with Crippen molar-refractivity contribution < 1.29 is 8.42 Å². The zero-order valence-corrected chi connectivity index (χ0v) is 12.5. The van der Waals surface area contributed by atoms with Crippen LogP contribution in [0.1, 0.15) is 16.7 Å². The third kappa shape index (κ3) is 3.15. The molecule has 0 fully saturated rings. The highest BCUT2D eigenvalue weighted by Crippen LogP contribution is 2.23. The first-order chi connectivity index (χ1) is 9.83. The molecule has 0 aliphatic rings. The van der Waals surface area contributed by atoms with Crippen LogP contribution >= 0.6 is 0 Å². The number of nitriles is 1. The topological polar surface area (TPSA) is 96.0 Å². The summed E-state index contributed by atoms with van der Waals surface area (Å²) < 4.78 is 27.3. The maximum Gasteiger partial charge on any atom is 0.262 e. The maximum atomic E-state index is 12.4. The summed E-state index contributed by atoms with van der Waals surface area (Å²) in [6.07, 6.45) is 0. The Morgan fingerprint density at radius 1 is 1.14 bits per heavy atom. The zero-order valence-electron chi connectivity index (χ0n) is 11.7. The fraction of sp³-hybridized carbons (Fsp3) is 0.133. The number of nitrogens with two attached hydrogens (primary N) is 1. The molecule has 0 saturated heterocycles. The van der Waals surface area contributed by atoms with Gasteiger partial charge < -0.3 is 5.73 Å². The van der Waals surface area contributed by atoms with Gasteiger partial charge in [-0.1, -0.05) is 17.7 Å². The maximum absolute atomic E-state index is 12.4. The van der Waals surface area contributed by atoms with Crippen LogP contribution in [0.4, 0.5) is 11.4 Å². The van der Waals surface area contributed by atoms with Crippen molar-refractivity contribution in [2.75, 3.05) is 10.5 Å². The molecule has 0 heterocycles. The Kier molecular flexibility index (Phi) is 3.87. The summed E-state index contributed by atoms with van der Waals surface area (Å²) in [7, 11) is -3.75. The van der Waals surface area contributed by atoms with Crippen molar-refractivity contribution in [3.05, 3.63) is 53.1 Å².